The minimum absolute atomic E-state index is 0.215. The van der Waals surface area contributed by atoms with Gasteiger partial charge in [0.1, 0.15) is 5.76 Å². The van der Waals surface area contributed by atoms with Crippen LogP contribution >= 0.6 is 0 Å². The average Bonchev–Trinajstić information content (AvgIpc) is 3.15. The summed E-state index contributed by atoms with van der Waals surface area (Å²) in [5, 5.41) is 0. The topological polar surface area (TPSA) is 59.8 Å². The number of furan rings is 1. The molecule has 1 saturated heterocycles. The molecule has 0 amide bonds. The number of sulfonamides is 1. The number of benzene rings is 1. The van der Waals surface area contributed by atoms with Gasteiger partial charge >= 0.3 is 0 Å². The second kappa shape index (κ2) is 5.63. The lowest BCUT2D eigenvalue weighted by atomic mass is 10.1. The first-order valence-electron chi connectivity index (χ1n) is 7.28. The highest BCUT2D eigenvalue weighted by atomic mass is 32.2. The third-order valence-corrected chi connectivity index (χ3v) is 6.05. The van der Waals surface area contributed by atoms with Crippen LogP contribution in [-0.2, 0) is 14.8 Å². The zero-order valence-electron chi connectivity index (χ0n) is 13.1. The Balaban J connectivity index is 2.11. The Labute approximate surface area is 136 Å². The Bertz CT molecular complexity index is 796. The first kappa shape index (κ1) is 16.0. The second-order valence-electron chi connectivity index (χ2n) is 5.85. The van der Waals surface area contributed by atoms with E-state index in [2.05, 4.69) is 6.58 Å². The minimum Gasteiger partial charge on any atom is -0.465 e. The lowest BCUT2D eigenvalue weighted by Gasteiger charge is -2.32. The molecule has 1 fully saturated rings. The maximum atomic E-state index is 13.2. The van der Waals surface area contributed by atoms with Gasteiger partial charge < -0.3 is 9.15 Å². The van der Waals surface area contributed by atoms with Crippen LogP contribution in [0.25, 0.3) is 0 Å². The zero-order valence-corrected chi connectivity index (χ0v) is 13.9. The molecule has 1 aromatic heterocycles. The van der Waals surface area contributed by atoms with Gasteiger partial charge in [-0.1, -0.05) is 23.8 Å². The van der Waals surface area contributed by atoms with Gasteiger partial charge in [0.05, 0.1) is 23.3 Å². The van der Waals surface area contributed by atoms with Crippen molar-refractivity contribution in [3.05, 3.63) is 66.6 Å². The molecule has 2 aromatic rings. The minimum atomic E-state index is -3.77. The van der Waals surface area contributed by atoms with Crippen LogP contribution in [0.1, 0.15) is 24.5 Å². The lowest BCUT2D eigenvalue weighted by molar-refractivity contribution is 0.0491. The van der Waals surface area contributed by atoms with Crippen LogP contribution in [0.2, 0.25) is 0 Å². The highest BCUT2D eigenvalue weighted by molar-refractivity contribution is 7.89. The zero-order chi connectivity index (χ0) is 16.7. The fourth-order valence-corrected chi connectivity index (χ4v) is 4.45. The highest BCUT2D eigenvalue weighted by Gasteiger charge is 2.51. The van der Waals surface area contributed by atoms with Crippen LogP contribution in [-0.4, -0.2) is 24.9 Å². The molecule has 1 aliphatic heterocycles. The molecule has 0 saturated carbocycles. The summed E-state index contributed by atoms with van der Waals surface area (Å²) in [6, 6.07) is 10.2. The molecule has 1 aliphatic rings. The number of nitrogens with zero attached hydrogens (tertiary/aromatic N) is 1. The van der Waals surface area contributed by atoms with Crippen LogP contribution in [0.5, 0.6) is 0 Å². The number of ether oxygens (including phenoxy) is 1. The Kier molecular flexibility index (Phi) is 3.91. The molecule has 0 radical (unpaired) electrons. The molecule has 0 aliphatic carbocycles. The van der Waals surface area contributed by atoms with Gasteiger partial charge in [-0.15, -0.1) is 6.58 Å². The van der Waals surface area contributed by atoms with E-state index < -0.39 is 21.8 Å². The predicted octanol–water partition coefficient (Wildman–Crippen LogP) is 3.25. The van der Waals surface area contributed by atoms with Gasteiger partial charge in [-0.3, -0.25) is 0 Å². The van der Waals surface area contributed by atoms with Crippen molar-refractivity contribution in [3.63, 3.8) is 0 Å². The van der Waals surface area contributed by atoms with E-state index in [9.17, 15) is 8.42 Å². The summed E-state index contributed by atoms with van der Waals surface area (Å²) >= 11 is 0. The second-order valence-corrected chi connectivity index (χ2v) is 7.67. The van der Waals surface area contributed by atoms with Crippen LogP contribution in [0.4, 0.5) is 0 Å². The van der Waals surface area contributed by atoms with Crippen molar-refractivity contribution < 1.29 is 17.6 Å². The van der Waals surface area contributed by atoms with E-state index in [0.717, 1.165) is 5.56 Å². The summed E-state index contributed by atoms with van der Waals surface area (Å²) in [4.78, 5) is 0.221. The Morgan fingerprint density at radius 2 is 2.00 bits per heavy atom. The summed E-state index contributed by atoms with van der Waals surface area (Å²) in [6.45, 7) is 7.70. The quantitative estimate of drug-likeness (QED) is 0.806. The highest BCUT2D eigenvalue weighted by Crippen LogP contribution is 2.42. The molecule has 6 heteroatoms. The van der Waals surface area contributed by atoms with Crippen molar-refractivity contribution in [2.75, 3.05) is 6.61 Å². The fourth-order valence-electron chi connectivity index (χ4n) is 2.65. The van der Waals surface area contributed by atoms with Gasteiger partial charge in [0, 0.05) is 0 Å². The number of rotatable bonds is 4. The fraction of sp³-hybridized carbons (Fsp3) is 0.294. The van der Waals surface area contributed by atoms with Gasteiger partial charge in [-0.05, 0) is 38.1 Å². The maximum absolute atomic E-state index is 13.2. The monoisotopic (exact) mass is 333 g/mol. The van der Waals surface area contributed by atoms with Crippen molar-refractivity contribution >= 4 is 10.0 Å². The summed E-state index contributed by atoms with van der Waals surface area (Å²) in [5.74, 6) is 0.450. The van der Waals surface area contributed by atoms with Gasteiger partial charge in [-0.25, -0.2) is 8.42 Å². The molecular weight excluding hydrogens is 314 g/mol. The standard InChI is InChI=1S/C17H19NO4S/c1-4-17(3)12-22-16(15-6-5-11-21-15)18(17)23(19,20)14-9-7-13(2)8-10-14/h4-11,16H,1,12H2,2-3H3. The SMILES string of the molecule is C=CC1(C)COC(c2ccco2)N1S(=O)(=O)c1ccc(C)cc1. The van der Waals surface area contributed by atoms with Gasteiger partial charge in [0.25, 0.3) is 0 Å². The third kappa shape index (κ3) is 2.63. The first-order valence-corrected chi connectivity index (χ1v) is 8.72. The van der Waals surface area contributed by atoms with E-state index in [1.165, 1.54) is 10.6 Å². The largest absolute Gasteiger partial charge is 0.465 e. The molecule has 0 N–H and O–H groups in total. The van der Waals surface area contributed by atoms with E-state index in [0.29, 0.717) is 5.76 Å². The molecule has 2 heterocycles. The molecule has 122 valence electrons. The summed E-state index contributed by atoms with van der Waals surface area (Å²) in [6.07, 6.45) is 2.29. The number of hydrogen-bond acceptors (Lipinski definition) is 4. The smallest absolute Gasteiger partial charge is 0.246 e. The molecule has 2 atom stereocenters. The molecule has 5 nitrogen and oxygen atoms in total. The Morgan fingerprint density at radius 1 is 1.30 bits per heavy atom. The number of hydrogen-bond donors (Lipinski definition) is 0. The van der Waals surface area contributed by atoms with E-state index >= 15 is 0 Å². The molecule has 1 aromatic carbocycles. The molecule has 0 bridgehead atoms. The van der Waals surface area contributed by atoms with Crippen molar-refractivity contribution in [1.82, 2.24) is 4.31 Å². The van der Waals surface area contributed by atoms with Crippen LogP contribution in [0, 0.1) is 6.92 Å². The molecule has 2 unspecified atom stereocenters. The summed E-state index contributed by atoms with van der Waals surface area (Å²) in [7, 11) is -3.77. The van der Waals surface area contributed by atoms with E-state index in [1.54, 1.807) is 49.4 Å². The Morgan fingerprint density at radius 3 is 2.57 bits per heavy atom. The molecule has 0 spiro atoms. The normalized spacial score (nSPS) is 25.6. The van der Waals surface area contributed by atoms with Crippen molar-refractivity contribution in [2.45, 2.75) is 30.5 Å². The van der Waals surface area contributed by atoms with Crippen LogP contribution in [0.3, 0.4) is 0 Å². The van der Waals surface area contributed by atoms with E-state index in [-0.39, 0.29) is 11.5 Å². The Hall–Kier alpha value is -1.89. The average molecular weight is 333 g/mol. The van der Waals surface area contributed by atoms with Crippen LogP contribution < -0.4 is 0 Å². The first-order chi connectivity index (χ1) is 10.9. The predicted molar refractivity (Wildman–Crippen MR) is 86.2 cm³/mol. The van der Waals surface area contributed by atoms with Gasteiger partial charge in [-0.2, -0.15) is 4.31 Å². The van der Waals surface area contributed by atoms with Crippen molar-refractivity contribution in [1.29, 1.82) is 0 Å². The maximum Gasteiger partial charge on any atom is 0.246 e. The summed E-state index contributed by atoms with van der Waals surface area (Å²) in [5.41, 5.74) is 0.150. The summed E-state index contributed by atoms with van der Waals surface area (Å²) < 4.78 is 38.8. The van der Waals surface area contributed by atoms with Crippen LogP contribution in [0.15, 0.2) is 64.6 Å². The van der Waals surface area contributed by atoms with Gasteiger partial charge in [0.2, 0.25) is 10.0 Å². The molecular formula is C17H19NO4S. The lowest BCUT2D eigenvalue weighted by Crippen LogP contribution is -2.46. The third-order valence-electron chi connectivity index (χ3n) is 4.05. The van der Waals surface area contributed by atoms with Crippen molar-refractivity contribution in [3.8, 4) is 0 Å². The van der Waals surface area contributed by atoms with E-state index in [4.69, 9.17) is 9.15 Å². The molecule has 3 rings (SSSR count). The molecule has 23 heavy (non-hydrogen) atoms. The number of aryl methyl sites for hydroxylation is 1. The van der Waals surface area contributed by atoms with Crippen molar-refractivity contribution in [2.24, 2.45) is 0 Å². The van der Waals surface area contributed by atoms with E-state index in [1.807, 2.05) is 6.92 Å². The van der Waals surface area contributed by atoms with Gasteiger partial charge in [0.15, 0.2) is 6.23 Å².